The van der Waals surface area contributed by atoms with Gasteiger partial charge < -0.3 is 10.1 Å². The van der Waals surface area contributed by atoms with Crippen LogP contribution in [-0.4, -0.2) is 30.3 Å². The first kappa shape index (κ1) is 23.2. The van der Waals surface area contributed by atoms with E-state index in [0.29, 0.717) is 5.56 Å². The average Bonchev–Trinajstić information content (AvgIpc) is 2.77. The molecule has 0 spiro atoms. The second kappa shape index (κ2) is 10.2. The number of hydrogen-bond donors (Lipinski definition) is 1. The van der Waals surface area contributed by atoms with E-state index in [1.54, 1.807) is 6.07 Å². The summed E-state index contributed by atoms with van der Waals surface area (Å²) in [6, 6.07) is 18.4. The van der Waals surface area contributed by atoms with Crippen molar-refractivity contribution in [3.8, 4) is 0 Å². The van der Waals surface area contributed by atoms with E-state index in [9.17, 15) is 14.4 Å². The summed E-state index contributed by atoms with van der Waals surface area (Å²) < 4.78 is 5.29. The van der Waals surface area contributed by atoms with Gasteiger partial charge in [-0.15, -0.1) is 0 Å². The number of fused-ring (bicyclic) bond motifs is 1. The Morgan fingerprint density at radius 1 is 0.938 bits per heavy atom. The van der Waals surface area contributed by atoms with Gasteiger partial charge in [0.2, 0.25) is 11.7 Å². The van der Waals surface area contributed by atoms with Crippen molar-refractivity contribution in [1.82, 2.24) is 5.32 Å². The summed E-state index contributed by atoms with van der Waals surface area (Å²) >= 11 is 0. The van der Waals surface area contributed by atoms with Crippen LogP contribution in [0.4, 0.5) is 0 Å². The Bertz CT molecular complexity index is 1140. The molecular formula is C27H29NO4. The Hall–Kier alpha value is -3.47. The third kappa shape index (κ3) is 5.61. The highest BCUT2D eigenvalue weighted by Gasteiger charge is 2.27. The van der Waals surface area contributed by atoms with Gasteiger partial charge in [-0.2, -0.15) is 0 Å². The standard InChI is InChI=1S/C27H29NO4/c1-17(2)26(27(31)32-16-24(29)23-14-18(3)12-13-19(23)4)28-25(30)15-21-10-7-9-20-8-5-6-11-22(20)21/h5-14,17,26H,15-16H2,1-4H3,(H,28,30). The number of carbonyl (C=O) groups is 3. The van der Waals surface area contributed by atoms with Crippen LogP contribution in [0.1, 0.15) is 40.9 Å². The quantitative estimate of drug-likeness (QED) is 0.419. The summed E-state index contributed by atoms with van der Waals surface area (Å²) in [6.07, 6.45) is 0.152. The maximum Gasteiger partial charge on any atom is 0.329 e. The first-order valence-electron chi connectivity index (χ1n) is 10.8. The predicted molar refractivity (Wildman–Crippen MR) is 126 cm³/mol. The Labute approximate surface area is 188 Å². The van der Waals surface area contributed by atoms with E-state index < -0.39 is 12.0 Å². The Morgan fingerprint density at radius 3 is 2.41 bits per heavy atom. The molecule has 3 aromatic carbocycles. The van der Waals surface area contributed by atoms with Gasteiger partial charge in [0.05, 0.1) is 6.42 Å². The molecule has 0 aliphatic rings. The molecule has 1 unspecified atom stereocenters. The van der Waals surface area contributed by atoms with Crippen LogP contribution in [-0.2, 0) is 20.7 Å². The lowest BCUT2D eigenvalue weighted by Gasteiger charge is -2.21. The topological polar surface area (TPSA) is 72.5 Å². The lowest BCUT2D eigenvalue weighted by atomic mass is 10.0. The van der Waals surface area contributed by atoms with Crippen LogP contribution in [0.15, 0.2) is 60.7 Å². The Balaban J connectivity index is 1.64. The maximum atomic E-state index is 12.7. The molecule has 3 rings (SSSR count). The van der Waals surface area contributed by atoms with Crippen molar-refractivity contribution in [3.05, 3.63) is 82.9 Å². The molecule has 0 saturated heterocycles. The zero-order valence-corrected chi connectivity index (χ0v) is 19.0. The van der Waals surface area contributed by atoms with Gasteiger partial charge in [-0.25, -0.2) is 4.79 Å². The lowest BCUT2D eigenvalue weighted by molar-refractivity contribution is -0.148. The SMILES string of the molecule is Cc1ccc(C)c(C(=O)COC(=O)C(NC(=O)Cc2cccc3ccccc23)C(C)C)c1. The number of benzene rings is 3. The van der Waals surface area contributed by atoms with Gasteiger partial charge in [0.25, 0.3) is 0 Å². The van der Waals surface area contributed by atoms with Gasteiger partial charge in [-0.3, -0.25) is 9.59 Å². The van der Waals surface area contributed by atoms with Gasteiger partial charge in [0.15, 0.2) is 6.61 Å². The normalized spacial score (nSPS) is 11.9. The van der Waals surface area contributed by atoms with E-state index in [-0.39, 0.29) is 30.6 Å². The Kier molecular flexibility index (Phi) is 7.41. The minimum absolute atomic E-state index is 0.152. The average molecular weight is 432 g/mol. The molecule has 0 radical (unpaired) electrons. The summed E-state index contributed by atoms with van der Waals surface area (Å²) in [7, 11) is 0. The molecule has 0 aliphatic heterocycles. The van der Waals surface area contributed by atoms with Crippen LogP contribution in [0.3, 0.4) is 0 Å². The highest BCUT2D eigenvalue weighted by Crippen LogP contribution is 2.19. The zero-order chi connectivity index (χ0) is 23.3. The van der Waals surface area contributed by atoms with Crippen LogP contribution in [0.25, 0.3) is 10.8 Å². The van der Waals surface area contributed by atoms with Crippen LogP contribution in [0, 0.1) is 19.8 Å². The molecule has 1 N–H and O–H groups in total. The van der Waals surface area contributed by atoms with Gasteiger partial charge in [0, 0.05) is 5.56 Å². The van der Waals surface area contributed by atoms with E-state index in [4.69, 9.17) is 4.74 Å². The smallest absolute Gasteiger partial charge is 0.329 e. The monoisotopic (exact) mass is 431 g/mol. The highest BCUT2D eigenvalue weighted by molar-refractivity contribution is 5.99. The molecule has 0 fully saturated rings. The molecule has 0 aliphatic carbocycles. The van der Waals surface area contributed by atoms with Gasteiger partial charge in [0.1, 0.15) is 6.04 Å². The fourth-order valence-electron chi connectivity index (χ4n) is 3.68. The molecule has 5 heteroatoms. The largest absolute Gasteiger partial charge is 0.456 e. The molecule has 32 heavy (non-hydrogen) atoms. The third-order valence-corrected chi connectivity index (χ3v) is 5.51. The fraction of sp³-hybridized carbons (Fsp3) is 0.296. The predicted octanol–water partition coefficient (Wildman–Crippen LogP) is 4.57. The molecule has 1 amide bonds. The number of hydrogen-bond acceptors (Lipinski definition) is 4. The van der Waals surface area contributed by atoms with Crippen molar-refractivity contribution < 1.29 is 19.1 Å². The number of amides is 1. The molecule has 0 saturated carbocycles. The number of carbonyl (C=O) groups excluding carboxylic acids is 3. The van der Waals surface area contributed by atoms with Crippen molar-refractivity contribution in [2.45, 2.75) is 40.2 Å². The lowest BCUT2D eigenvalue weighted by Crippen LogP contribution is -2.46. The number of ketones is 1. The van der Waals surface area contributed by atoms with Crippen LogP contribution < -0.4 is 5.32 Å². The number of aryl methyl sites for hydroxylation is 2. The van der Waals surface area contributed by atoms with E-state index >= 15 is 0 Å². The van der Waals surface area contributed by atoms with Crippen molar-refractivity contribution in [3.63, 3.8) is 0 Å². The van der Waals surface area contributed by atoms with E-state index in [2.05, 4.69) is 5.32 Å². The number of Topliss-reactive ketones (excluding diaryl/α,β-unsaturated/α-hetero) is 1. The minimum Gasteiger partial charge on any atom is -0.456 e. The van der Waals surface area contributed by atoms with E-state index in [0.717, 1.165) is 27.5 Å². The molecule has 3 aromatic rings. The van der Waals surface area contributed by atoms with Crippen LogP contribution >= 0.6 is 0 Å². The van der Waals surface area contributed by atoms with Crippen molar-refractivity contribution in [2.24, 2.45) is 5.92 Å². The van der Waals surface area contributed by atoms with Crippen molar-refractivity contribution >= 4 is 28.4 Å². The molecular weight excluding hydrogens is 402 g/mol. The molecule has 0 aromatic heterocycles. The molecule has 166 valence electrons. The summed E-state index contributed by atoms with van der Waals surface area (Å²) in [6.45, 7) is 7.06. The minimum atomic E-state index is -0.830. The van der Waals surface area contributed by atoms with Crippen LogP contribution in [0.2, 0.25) is 0 Å². The number of esters is 1. The number of rotatable bonds is 8. The first-order chi connectivity index (χ1) is 15.3. The third-order valence-electron chi connectivity index (χ3n) is 5.51. The van der Waals surface area contributed by atoms with Crippen molar-refractivity contribution in [2.75, 3.05) is 6.61 Å². The van der Waals surface area contributed by atoms with Gasteiger partial charge in [-0.05, 0) is 47.7 Å². The summed E-state index contributed by atoms with van der Waals surface area (Å²) in [5, 5.41) is 4.85. The molecule has 5 nitrogen and oxygen atoms in total. The zero-order valence-electron chi connectivity index (χ0n) is 19.0. The number of nitrogens with one attached hydrogen (secondary N) is 1. The first-order valence-corrected chi connectivity index (χ1v) is 10.8. The van der Waals surface area contributed by atoms with Gasteiger partial charge >= 0.3 is 5.97 Å². The maximum absolute atomic E-state index is 12.7. The second-order valence-electron chi connectivity index (χ2n) is 8.45. The summed E-state index contributed by atoms with van der Waals surface area (Å²) in [5.74, 6) is -1.32. The van der Waals surface area contributed by atoms with E-state index in [1.807, 2.05) is 82.3 Å². The van der Waals surface area contributed by atoms with Crippen LogP contribution in [0.5, 0.6) is 0 Å². The van der Waals surface area contributed by atoms with Crippen molar-refractivity contribution in [1.29, 1.82) is 0 Å². The summed E-state index contributed by atoms with van der Waals surface area (Å²) in [5.41, 5.74) is 3.23. The van der Waals surface area contributed by atoms with Gasteiger partial charge in [-0.1, -0.05) is 74.0 Å². The second-order valence-corrected chi connectivity index (χ2v) is 8.45. The number of ether oxygens (including phenoxy) is 1. The van der Waals surface area contributed by atoms with E-state index in [1.165, 1.54) is 0 Å². The molecule has 1 atom stereocenters. The summed E-state index contributed by atoms with van der Waals surface area (Å²) in [4.78, 5) is 38.0. The molecule has 0 bridgehead atoms. The highest BCUT2D eigenvalue weighted by atomic mass is 16.5. The Morgan fingerprint density at radius 2 is 1.66 bits per heavy atom. The fourth-order valence-corrected chi connectivity index (χ4v) is 3.68. The molecule has 0 heterocycles.